The van der Waals surface area contributed by atoms with E-state index in [2.05, 4.69) is 38.7 Å². The van der Waals surface area contributed by atoms with Gasteiger partial charge in [0, 0.05) is 6.04 Å². The summed E-state index contributed by atoms with van der Waals surface area (Å²) in [5.74, 6) is 1.54. The molecule has 1 atom stereocenters. The van der Waals surface area contributed by atoms with E-state index in [1.54, 1.807) is 7.11 Å². The maximum absolute atomic E-state index is 5.73. The van der Waals surface area contributed by atoms with Crippen molar-refractivity contribution in [2.24, 2.45) is 0 Å². The molecule has 0 aromatic heterocycles. The van der Waals surface area contributed by atoms with Crippen LogP contribution in [0.4, 0.5) is 0 Å². The van der Waals surface area contributed by atoms with E-state index in [9.17, 15) is 0 Å². The van der Waals surface area contributed by atoms with Crippen LogP contribution in [0, 0.1) is 0 Å². The maximum Gasteiger partial charge on any atom is 0.161 e. The minimum absolute atomic E-state index is 0.304. The zero-order valence-corrected chi connectivity index (χ0v) is 12.5. The van der Waals surface area contributed by atoms with Crippen LogP contribution >= 0.6 is 0 Å². The first-order valence-corrected chi connectivity index (χ1v) is 6.83. The molecule has 1 unspecified atom stereocenters. The molecule has 0 aliphatic rings. The van der Waals surface area contributed by atoms with Crippen LogP contribution in [0.2, 0.25) is 0 Å². The number of nitrogens with one attached hydrogen (secondary N) is 1. The Labute approximate surface area is 116 Å². The molecule has 0 aliphatic carbocycles. The second kappa shape index (κ2) is 7.85. The van der Waals surface area contributed by atoms with Crippen molar-refractivity contribution in [3.05, 3.63) is 35.9 Å². The van der Waals surface area contributed by atoms with E-state index in [4.69, 9.17) is 9.47 Å². The van der Waals surface area contributed by atoms with Gasteiger partial charge < -0.3 is 14.8 Å². The summed E-state index contributed by atoms with van der Waals surface area (Å²) in [6.45, 7) is 11.7. The Morgan fingerprint density at radius 2 is 2.05 bits per heavy atom. The molecule has 3 heteroatoms. The Kier molecular flexibility index (Phi) is 6.43. The van der Waals surface area contributed by atoms with Gasteiger partial charge in [-0.1, -0.05) is 26.5 Å². The molecular weight excluding hydrogens is 238 g/mol. The first-order valence-electron chi connectivity index (χ1n) is 6.83. The van der Waals surface area contributed by atoms with Gasteiger partial charge in [0.15, 0.2) is 11.5 Å². The molecule has 1 rings (SSSR count). The second-order valence-electron chi connectivity index (χ2n) is 4.58. The normalized spacial score (nSPS) is 12.0. The molecule has 0 amide bonds. The first-order chi connectivity index (χ1) is 9.12. The summed E-state index contributed by atoms with van der Waals surface area (Å²) in [6.07, 6.45) is 0.928. The smallest absolute Gasteiger partial charge is 0.161 e. The van der Waals surface area contributed by atoms with Gasteiger partial charge in [0.2, 0.25) is 0 Å². The molecule has 0 spiro atoms. The lowest BCUT2D eigenvalue weighted by Gasteiger charge is -2.16. The van der Waals surface area contributed by atoms with Crippen LogP contribution in [0.1, 0.15) is 38.8 Å². The highest BCUT2D eigenvalue weighted by Gasteiger charge is 2.10. The monoisotopic (exact) mass is 263 g/mol. The number of ether oxygens (including phenoxy) is 2. The third kappa shape index (κ3) is 4.60. The highest BCUT2D eigenvalue weighted by molar-refractivity contribution is 5.44. The number of hydrogen-bond donors (Lipinski definition) is 1. The SMILES string of the molecule is C=C(CC)COc1ccc(C(C)NCC)cc1OC. The highest BCUT2D eigenvalue weighted by Crippen LogP contribution is 2.30. The van der Waals surface area contributed by atoms with Gasteiger partial charge in [-0.2, -0.15) is 0 Å². The summed E-state index contributed by atoms with van der Waals surface area (Å²) in [7, 11) is 1.67. The number of rotatable bonds is 8. The molecule has 0 radical (unpaired) electrons. The lowest BCUT2D eigenvalue weighted by molar-refractivity contribution is 0.317. The fraction of sp³-hybridized carbons (Fsp3) is 0.500. The Morgan fingerprint density at radius 3 is 2.63 bits per heavy atom. The fourth-order valence-corrected chi connectivity index (χ4v) is 1.78. The molecule has 3 nitrogen and oxygen atoms in total. The summed E-state index contributed by atoms with van der Waals surface area (Å²) in [4.78, 5) is 0. The van der Waals surface area contributed by atoms with Crippen molar-refractivity contribution in [2.45, 2.75) is 33.2 Å². The molecule has 0 fully saturated rings. The van der Waals surface area contributed by atoms with Crippen molar-refractivity contribution in [3.8, 4) is 11.5 Å². The number of hydrogen-bond acceptors (Lipinski definition) is 3. The Morgan fingerprint density at radius 1 is 1.32 bits per heavy atom. The standard InChI is InChI=1S/C16H25NO2/c1-6-12(3)11-19-15-9-8-14(10-16(15)18-5)13(4)17-7-2/h8-10,13,17H,3,6-7,11H2,1-2,4-5H3. The molecule has 19 heavy (non-hydrogen) atoms. The summed E-state index contributed by atoms with van der Waals surface area (Å²) in [6, 6.07) is 6.36. The van der Waals surface area contributed by atoms with Gasteiger partial charge in [0.25, 0.3) is 0 Å². The van der Waals surface area contributed by atoms with Crippen molar-refractivity contribution in [1.82, 2.24) is 5.32 Å². The highest BCUT2D eigenvalue weighted by atomic mass is 16.5. The van der Waals surface area contributed by atoms with E-state index in [1.807, 2.05) is 12.1 Å². The van der Waals surface area contributed by atoms with Crippen LogP contribution in [0.25, 0.3) is 0 Å². The van der Waals surface area contributed by atoms with Crippen LogP contribution < -0.4 is 14.8 Å². The van der Waals surface area contributed by atoms with Gasteiger partial charge in [-0.3, -0.25) is 0 Å². The summed E-state index contributed by atoms with van der Waals surface area (Å²) in [5.41, 5.74) is 2.27. The van der Waals surface area contributed by atoms with E-state index < -0.39 is 0 Å². The first kappa shape index (κ1) is 15.6. The molecule has 0 bridgehead atoms. The number of benzene rings is 1. The van der Waals surface area contributed by atoms with Crippen LogP contribution in [0.15, 0.2) is 30.4 Å². The van der Waals surface area contributed by atoms with Crippen molar-refractivity contribution in [1.29, 1.82) is 0 Å². The van der Waals surface area contributed by atoms with Crippen molar-refractivity contribution in [2.75, 3.05) is 20.3 Å². The van der Waals surface area contributed by atoms with E-state index in [-0.39, 0.29) is 0 Å². The minimum Gasteiger partial charge on any atom is -0.493 e. The quantitative estimate of drug-likeness (QED) is 0.725. The topological polar surface area (TPSA) is 30.5 Å². The molecule has 1 aromatic carbocycles. The molecule has 1 N–H and O–H groups in total. The van der Waals surface area contributed by atoms with Crippen molar-refractivity contribution in [3.63, 3.8) is 0 Å². The average molecular weight is 263 g/mol. The Hall–Kier alpha value is -1.48. The summed E-state index contributed by atoms with van der Waals surface area (Å²) < 4.78 is 11.1. The molecule has 106 valence electrons. The Balaban J connectivity index is 2.81. The minimum atomic E-state index is 0.304. The van der Waals surface area contributed by atoms with E-state index >= 15 is 0 Å². The molecular formula is C16H25NO2. The summed E-state index contributed by atoms with van der Waals surface area (Å²) >= 11 is 0. The van der Waals surface area contributed by atoms with Gasteiger partial charge in [-0.05, 0) is 43.2 Å². The van der Waals surface area contributed by atoms with Crippen LogP contribution in [0.5, 0.6) is 11.5 Å². The molecule has 0 saturated heterocycles. The third-order valence-electron chi connectivity index (χ3n) is 3.13. The average Bonchev–Trinajstić information content (AvgIpc) is 2.44. The molecule has 0 saturated carbocycles. The zero-order valence-electron chi connectivity index (χ0n) is 12.5. The van der Waals surface area contributed by atoms with Crippen molar-refractivity contribution >= 4 is 0 Å². The molecule has 0 aliphatic heterocycles. The molecule has 0 heterocycles. The Bertz CT molecular complexity index is 415. The lowest BCUT2D eigenvalue weighted by atomic mass is 10.1. The van der Waals surface area contributed by atoms with Gasteiger partial charge in [0.05, 0.1) is 7.11 Å². The van der Waals surface area contributed by atoms with E-state index in [0.717, 1.165) is 30.0 Å². The van der Waals surface area contributed by atoms with Crippen LogP contribution in [0.3, 0.4) is 0 Å². The lowest BCUT2D eigenvalue weighted by Crippen LogP contribution is -2.17. The largest absolute Gasteiger partial charge is 0.493 e. The van der Waals surface area contributed by atoms with Gasteiger partial charge in [0.1, 0.15) is 6.61 Å². The predicted molar refractivity (Wildman–Crippen MR) is 80.0 cm³/mol. The zero-order chi connectivity index (χ0) is 14.3. The van der Waals surface area contributed by atoms with Gasteiger partial charge in [-0.25, -0.2) is 0 Å². The molecule has 1 aromatic rings. The second-order valence-corrected chi connectivity index (χ2v) is 4.58. The van der Waals surface area contributed by atoms with Crippen LogP contribution in [-0.4, -0.2) is 20.3 Å². The van der Waals surface area contributed by atoms with Gasteiger partial charge >= 0.3 is 0 Å². The third-order valence-corrected chi connectivity index (χ3v) is 3.13. The van der Waals surface area contributed by atoms with Crippen molar-refractivity contribution < 1.29 is 9.47 Å². The predicted octanol–water partition coefficient (Wildman–Crippen LogP) is 3.71. The van der Waals surface area contributed by atoms with E-state index in [1.165, 1.54) is 5.56 Å². The maximum atomic E-state index is 5.73. The number of methoxy groups -OCH3 is 1. The van der Waals surface area contributed by atoms with Gasteiger partial charge in [-0.15, -0.1) is 0 Å². The van der Waals surface area contributed by atoms with Crippen LogP contribution in [-0.2, 0) is 0 Å². The fourth-order valence-electron chi connectivity index (χ4n) is 1.78. The summed E-state index contributed by atoms with van der Waals surface area (Å²) in [5, 5.41) is 3.38. The van der Waals surface area contributed by atoms with E-state index in [0.29, 0.717) is 12.6 Å².